The van der Waals surface area contributed by atoms with Crippen molar-refractivity contribution in [2.75, 3.05) is 13.1 Å². The Morgan fingerprint density at radius 3 is 2.38 bits per heavy atom. The van der Waals surface area contributed by atoms with E-state index < -0.39 is 5.97 Å². The molecular formula is C27H27N3O2. The van der Waals surface area contributed by atoms with E-state index in [9.17, 15) is 4.79 Å². The summed E-state index contributed by atoms with van der Waals surface area (Å²) in [7, 11) is 0. The Hall–Kier alpha value is -3.44. The molecule has 5 rings (SSSR count). The van der Waals surface area contributed by atoms with Crippen LogP contribution in [0, 0.1) is 0 Å². The zero-order chi connectivity index (χ0) is 21.9. The van der Waals surface area contributed by atoms with Gasteiger partial charge in [-0.25, -0.2) is 9.78 Å². The van der Waals surface area contributed by atoms with E-state index >= 15 is 0 Å². The summed E-state index contributed by atoms with van der Waals surface area (Å²) < 4.78 is 2.12. The molecule has 0 unspecified atom stereocenters. The summed E-state index contributed by atoms with van der Waals surface area (Å²) in [5.74, 6) is -0.339. The van der Waals surface area contributed by atoms with Crippen LogP contribution >= 0.6 is 0 Å². The van der Waals surface area contributed by atoms with Gasteiger partial charge in [0.15, 0.2) is 0 Å². The number of hydrogen-bond acceptors (Lipinski definition) is 3. The van der Waals surface area contributed by atoms with E-state index in [1.165, 1.54) is 11.1 Å². The lowest BCUT2D eigenvalue weighted by Gasteiger charge is -2.32. The molecule has 0 atom stereocenters. The van der Waals surface area contributed by atoms with Crippen molar-refractivity contribution in [3.63, 3.8) is 0 Å². The first-order valence-corrected chi connectivity index (χ1v) is 11.2. The highest BCUT2D eigenvalue weighted by Crippen LogP contribution is 2.30. The van der Waals surface area contributed by atoms with Gasteiger partial charge in [0, 0.05) is 30.9 Å². The topological polar surface area (TPSA) is 58.4 Å². The van der Waals surface area contributed by atoms with Crippen molar-refractivity contribution in [2.45, 2.75) is 31.8 Å². The number of piperidine rings is 1. The molecule has 3 heterocycles. The maximum atomic E-state index is 11.0. The van der Waals surface area contributed by atoms with Crippen LogP contribution in [0.3, 0.4) is 0 Å². The largest absolute Gasteiger partial charge is 0.478 e. The van der Waals surface area contributed by atoms with E-state index in [4.69, 9.17) is 10.1 Å². The van der Waals surface area contributed by atoms with Gasteiger partial charge in [0.2, 0.25) is 0 Å². The van der Waals surface area contributed by atoms with Gasteiger partial charge in [-0.3, -0.25) is 4.90 Å². The highest BCUT2D eigenvalue weighted by atomic mass is 16.4. The molecule has 1 aliphatic rings. The second-order valence-corrected chi connectivity index (χ2v) is 8.66. The van der Waals surface area contributed by atoms with Gasteiger partial charge in [0.25, 0.3) is 0 Å². The Bertz CT molecular complexity index is 1210. The summed E-state index contributed by atoms with van der Waals surface area (Å²) in [5.41, 5.74) is 5.05. The Morgan fingerprint density at radius 2 is 1.66 bits per heavy atom. The van der Waals surface area contributed by atoms with Crippen molar-refractivity contribution in [2.24, 2.45) is 0 Å². The SMILES string of the molecule is O=C(O)c1ccc(Cn2ccc3cc(C4CCN(Cc5ccccc5)CC4)cnc32)cc1. The molecule has 5 nitrogen and oxygen atoms in total. The van der Waals surface area contributed by atoms with E-state index in [2.05, 4.69) is 58.1 Å². The van der Waals surface area contributed by atoms with Crippen LogP contribution in [0.5, 0.6) is 0 Å². The van der Waals surface area contributed by atoms with Crippen molar-refractivity contribution in [1.82, 2.24) is 14.5 Å². The molecule has 0 aliphatic carbocycles. The molecule has 1 saturated heterocycles. The number of aromatic nitrogens is 2. The number of carboxylic acid groups (broad SMARTS) is 1. The molecule has 0 bridgehead atoms. The predicted octanol–water partition coefficient (Wildman–Crippen LogP) is 5.16. The third-order valence-corrected chi connectivity index (χ3v) is 6.48. The van der Waals surface area contributed by atoms with Crippen molar-refractivity contribution in [3.05, 3.63) is 101 Å². The summed E-state index contributed by atoms with van der Waals surface area (Å²) in [6.07, 6.45) is 6.44. The quantitative estimate of drug-likeness (QED) is 0.463. The average molecular weight is 426 g/mol. The van der Waals surface area contributed by atoms with Gasteiger partial charge >= 0.3 is 5.97 Å². The first-order chi connectivity index (χ1) is 15.7. The Morgan fingerprint density at radius 1 is 0.938 bits per heavy atom. The molecule has 0 spiro atoms. The lowest BCUT2D eigenvalue weighted by Crippen LogP contribution is -2.32. The number of carboxylic acids is 1. The van der Waals surface area contributed by atoms with Gasteiger partial charge in [-0.2, -0.15) is 0 Å². The number of rotatable bonds is 6. The van der Waals surface area contributed by atoms with Gasteiger partial charge < -0.3 is 9.67 Å². The zero-order valence-electron chi connectivity index (χ0n) is 18.0. The monoisotopic (exact) mass is 425 g/mol. The molecule has 1 fully saturated rings. The highest BCUT2D eigenvalue weighted by Gasteiger charge is 2.21. The number of fused-ring (bicyclic) bond motifs is 1. The molecule has 0 saturated carbocycles. The van der Waals surface area contributed by atoms with Crippen LogP contribution in [0.4, 0.5) is 0 Å². The van der Waals surface area contributed by atoms with E-state index in [1.54, 1.807) is 12.1 Å². The minimum absolute atomic E-state index is 0.309. The molecular weight excluding hydrogens is 398 g/mol. The summed E-state index contributed by atoms with van der Waals surface area (Å²) >= 11 is 0. The summed E-state index contributed by atoms with van der Waals surface area (Å²) in [6, 6.07) is 22.2. The summed E-state index contributed by atoms with van der Waals surface area (Å²) in [6.45, 7) is 3.94. The predicted molar refractivity (Wildman–Crippen MR) is 126 cm³/mol. The van der Waals surface area contributed by atoms with Crippen molar-refractivity contribution in [3.8, 4) is 0 Å². The lowest BCUT2D eigenvalue weighted by atomic mass is 9.90. The van der Waals surface area contributed by atoms with Gasteiger partial charge in [-0.1, -0.05) is 42.5 Å². The Labute approximate surface area is 187 Å². The Balaban J connectivity index is 1.24. The number of benzene rings is 2. The smallest absolute Gasteiger partial charge is 0.335 e. The number of aromatic carboxylic acids is 1. The molecule has 32 heavy (non-hydrogen) atoms. The maximum absolute atomic E-state index is 11.0. The fourth-order valence-corrected chi connectivity index (χ4v) is 4.66. The van der Waals surface area contributed by atoms with Crippen LogP contribution in [0.25, 0.3) is 11.0 Å². The number of likely N-dealkylation sites (tertiary alicyclic amines) is 1. The maximum Gasteiger partial charge on any atom is 0.335 e. The van der Waals surface area contributed by atoms with Crippen LogP contribution in [-0.2, 0) is 13.1 Å². The van der Waals surface area contributed by atoms with Crippen molar-refractivity contribution < 1.29 is 9.90 Å². The van der Waals surface area contributed by atoms with E-state index in [-0.39, 0.29) is 0 Å². The van der Waals surface area contributed by atoms with Gasteiger partial charge in [-0.15, -0.1) is 0 Å². The summed E-state index contributed by atoms with van der Waals surface area (Å²) in [4.78, 5) is 18.4. The molecule has 5 heteroatoms. The van der Waals surface area contributed by atoms with Gasteiger partial charge in [-0.05, 0) is 72.8 Å². The van der Waals surface area contributed by atoms with Crippen LogP contribution in [0.1, 0.15) is 45.8 Å². The Kier molecular flexibility index (Phi) is 5.73. The second-order valence-electron chi connectivity index (χ2n) is 8.66. The minimum Gasteiger partial charge on any atom is -0.478 e. The average Bonchev–Trinajstić information content (AvgIpc) is 3.22. The minimum atomic E-state index is -0.900. The fourth-order valence-electron chi connectivity index (χ4n) is 4.66. The van der Waals surface area contributed by atoms with Crippen molar-refractivity contribution in [1.29, 1.82) is 0 Å². The van der Waals surface area contributed by atoms with Crippen molar-refractivity contribution >= 4 is 17.0 Å². The second kappa shape index (κ2) is 8.97. The summed E-state index contributed by atoms with van der Waals surface area (Å²) in [5, 5.41) is 10.2. The number of pyridine rings is 1. The zero-order valence-corrected chi connectivity index (χ0v) is 18.0. The van der Waals surface area contributed by atoms with E-state index in [1.807, 2.05) is 18.3 Å². The van der Waals surface area contributed by atoms with Crippen LogP contribution in [-0.4, -0.2) is 38.6 Å². The fraction of sp³-hybridized carbons (Fsp3) is 0.259. The third-order valence-electron chi connectivity index (χ3n) is 6.48. The van der Waals surface area contributed by atoms with E-state index in [0.29, 0.717) is 18.0 Å². The molecule has 4 aromatic rings. The van der Waals surface area contributed by atoms with Crippen LogP contribution in [0.2, 0.25) is 0 Å². The molecule has 2 aromatic heterocycles. The normalized spacial score (nSPS) is 15.2. The molecule has 0 radical (unpaired) electrons. The third kappa shape index (κ3) is 4.43. The number of hydrogen-bond donors (Lipinski definition) is 1. The first-order valence-electron chi connectivity index (χ1n) is 11.2. The lowest BCUT2D eigenvalue weighted by molar-refractivity contribution is 0.0697. The molecule has 1 N–H and O–H groups in total. The number of carbonyl (C=O) groups is 1. The number of nitrogens with zero attached hydrogens (tertiary/aromatic N) is 3. The van der Waals surface area contributed by atoms with Gasteiger partial charge in [0.1, 0.15) is 5.65 Å². The highest BCUT2D eigenvalue weighted by molar-refractivity contribution is 5.87. The van der Waals surface area contributed by atoms with Gasteiger partial charge in [0.05, 0.1) is 5.56 Å². The first kappa shape index (κ1) is 20.5. The van der Waals surface area contributed by atoms with Crippen LogP contribution in [0.15, 0.2) is 79.1 Å². The molecule has 0 amide bonds. The van der Waals surface area contributed by atoms with E-state index in [0.717, 1.165) is 49.1 Å². The molecule has 2 aromatic carbocycles. The van der Waals surface area contributed by atoms with Crippen LogP contribution < -0.4 is 0 Å². The molecule has 1 aliphatic heterocycles. The standard InChI is InChI=1S/C27H27N3O2/c31-27(32)23-8-6-21(7-9-23)19-30-15-12-24-16-25(17-28-26(24)30)22-10-13-29(14-11-22)18-20-4-2-1-3-5-20/h1-9,12,15-17,22H,10-11,13-14,18-19H2,(H,31,32). The molecule has 162 valence electrons.